The highest BCUT2D eigenvalue weighted by molar-refractivity contribution is 7.98. The van der Waals surface area contributed by atoms with Crippen LogP contribution in [0.5, 0.6) is 0 Å². The Morgan fingerprint density at radius 3 is 2.60 bits per heavy atom. The lowest BCUT2D eigenvalue weighted by Crippen LogP contribution is -2.29. The van der Waals surface area contributed by atoms with Gasteiger partial charge in [-0.1, -0.05) is 30.3 Å². The van der Waals surface area contributed by atoms with Crippen LogP contribution in [0.3, 0.4) is 0 Å². The number of rotatable bonds is 5. The van der Waals surface area contributed by atoms with Crippen LogP contribution in [-0.4, -0.2) is 31.1 Å². The molecule has 1 aromatic rings. The largest absolute Gasteiger partial charge is 0.465 e. The number of hydrogen-bond donors (Lipinski definition) is 0. The van der Waals surface area contributed by atoms with Crippen LogP contribution in [0.15, 0.2) is 40.9 Å². The van der Waals surface area contributed by atoms with Gasteiger partial charge in [-0.25, -0.2) is 9.79 Å². The van der Waals surface area contributed by atoms with E-state index in [9.17, 15) is 10.1 Å². The Kier molecular flexibility index (Phi) is 6.05. The highest BCUT2D eigenvalue weighted by Gasteiger charge is 2.37. The molecule has 1 unspecified atom stereocenters. The monoisotopic (exact) mass is 288 g/mol. The van der Waals surface area contributed by atoms with Crippen molar-refractivity contribution in [3.05, 3.63) is 41.5 Å². The number of benzene rings is 1. The molecule has 0 aliphatic heterocycles. The molecule has 0 saturated heterocycles. The van der Waals surface area contributed by atoms with E-state index >= 15 is 0 Å². The number of esters is 1. The smallest absolute Gasteiger partial charge is 0.345 e. The molecule has 0 heterocycles. The minimum Gasteiger partial charge on any atom is -0.465 e. The summed E-state index contributed by atoms with van der Waals surface area (Å²) in [6.45, 7) is 1.66. The molecule has 0 bridgehead atoms. The summed E-state index contributed by atoms with van der Waals surface area (Å²) >= 11 is 1.50. The Morgan fingerprint density at radius 1 is 1.45 bits per heavy atom. The van der Waals surface area contributed by atoms with Gasteiger partial charge in [0.15, 0.2) is 0 Å². The van der Waals surface area contributed by atoms with Crippen molar-refractivity contribution in [1.82, 2.24) is 0 Å². The lowest BCUT2D eigenvalue weighted by Gasteiger charge is -2.21. The zero-order chi connectivity index (χ0) is 15.0. The molecular weight excluding hydrogens is 272 g/mol. The van der Waals surface area contributed by atoms with Crippen LogP contribution >= 0.6 is 11.8 Å². The Balaban J connectivity index is 3.40. The van der Waals surface area contributed by atoms with Gasteiger partial charge in [-0.3, -0.25) is 0 Å². The van der Waals surface area contributed by atoms with Gasteiger partial charge in [0.05, 0.1) is 19.1 Å². The fourth-order valence-electron chi connectivity index (χ4n) is 1.68. The summed E-state index contributed by atoms with van der Waals surface area (Å²) in [6.07, 6.45) is 1.89. The van der Waals surface area contributed by atoms with Crippen LogP contribution in [-0.2, 0) is 14.9 Å². The van der Waals surface area contributed by atoms with Gasteiger partial charge >= 0.3 is 5.97 Å². The Hall–Kier alpha value is -2.02. The standard InChI is InChI=1S/C15H16N2O2S/c1-15(10-16,12-7-5-4-6-8-12)13(14(18)19-2)9-17-11-20-3/h4-8H,11H2,1-3H3. The van der Waals surface area contributed by atoms with Gasteiger partial charge < -0.3 is 4.74 Å². The summed E-state index contributed by atoms with van der Waals surface area (Å²) in [5.41, 5.74) is -0.325. The van der Waals surface area contributed by atoms with Crippen LogP contribution in [0.2, 0.25) is 0 Å². The summed E-state index contributed by atoms with van der Waals surface area (Å²) in [5.74, 6) is 2.56. The van der Waals surface area contributed by atoms with Crippen LogP contribution in [0.25, 0.3) is 0 Å². The van der Waals surface area contributed by atoms with Crippen LogP contribution in [0.1, 0.15) is 12.5 Å². The van der Waals surface area contributed by atoms with Crippen molar-refractivity contribution in [2.45, 2.75) is 12.3 Å². The number of thioether (sulfide) groups is 1. The van der Waals surface area contributed by atoms with Crippen molar-refractivity contribution >= 4 is 23.6 Å². The van der Waals surface area contributed by atoms with E-state index in [2.05, 4.69) is 16.9 Å². The molecule has 0 aliphatic rings. The summed E-state index contributed by atoms with van der Waals surface area (Å²) < 4.78 is 4.76. The van der Waals surface area contributed by atoms with Gasteiger partial charge in [0.25, 0.3) is 0 Å². The molecule has 0 aromatic heterocycles. The number of carbonyl (C=O) groups is 1. The highest BCUT2D eigenvalue weighted by atomic mass is 32.2. The molecular formula is C15H16N2O2S. The van der Waals surface area contributed by atoms with Gasteiger partial charge in [0, 0.05) is 0 Å². The van der Waals surface area contributed by atoms with Crippen molar-refractivity contribution in [3.63, 3.8) is 0 Å². The zero-order valence-corrected chi connectivity index (χ0v) is 12.5. The predicted octanol–water partition coefficient (Wildman–Crippen LogP) is 2.56. The number of methoxy groups -OCH3 is 1. The molecule has 0 radical (unpaired) electrons. The molecule has 0 spiro atoms. The zero-order valence-electron chi connectivity index (χ0n) is 11.7. The predicted molar refractivity (Wildman–Crippen MR) is 80.8 cm³/mol. The van der Waals surface area contributed by atoms with E-state index in [0.29, 0.717) is 11.4 Å². The number of nitrogens with zero attached hydrogens (tertiary/aromatic N) is 2. The maximum Gasteiger partial charge on any atom is 0.345 e. The molecule has 0 amide bonds. The number of carbonyl (C=O) groups excluding carboxylic acids is 1. The van der Waals surface area contributed by atoms with Gasteiger partial charge in [-0.2, -0.15) is 5.26 Å². The average molecular weight is 288 g/mol. The van der Waals surface area contributed by atoms with Crippen molar-refractivity contribution in [2.75, 3.05) is 19.2 Å². The minimum atomic E-state index is -1.14. The van der Waals surface area contributed by atoms with E-state index in [-0.39, 0.29) is 5.57 Å². The van der Waals surface area contributed by atoms with Crippen LogP contribution in [0.4, 0.5) is 0 Å². The fraction of sp³-hybridized carbons (Fsp3) is 0.333. The third-order valence-electron chi connectivity index (χ3n) is 2.85. The molecule has 5 heteroatoms. The van der Waals surface area contributed by atoms with Crippen molar-refractivity contribution < 1.29 is 9.53 Å². The second-order valence-electron chi connectivity index (χ2n) is 4.16. The molecule has 104 valence electrons. The first-order chi connectivity index (χ1) is 9.60. The lowest BCUT2D eigenvalue weighted by molar-refractivity contribution is -0.136. The topological polar surface area (TPSA) is 62.4 Å². The molecule has 1 rings (SSSR count). The Labute approximate surface area is 123 Å². The van der Waals surface area contributed by atoms with E-state index in [1.807, 2.05) is 24.5 Å². The van der Waals surface area contributed by atoms with E-state index in [4.69, 9.17) is 4.74 Å². The van der Waals surface area contributed by atoms with Gasteiger partial charge in [0.1, 0.15) is 11.0 Å². The minimum absolute atomic E-state index is 0.114. The molecule has 0 fully saturated rings. The van der Waals surface area contributed by atoms with E-state index in [0.717, 1.165) is 0 Å². The molecule has 0 N–H and O–H groups in total. The molecule has 20 heavy (non-hydrogen) atoms. The van der Waals surface area contributed by atoms with Crippen molar-refractivity contribution in [1.29, 1.82) is 5.26 Å². The molecule has 1 atom stereocenters. The normalized spacial score (nSPS) is 12.5. The number of hydrogen-bond acceptors (Lipinski definition) is 5. The number of aliphatic imine (C=N–C) groups is 1. The molecule has 4 nitrogen and oxygen atoms in total. The van der Waals surface area contributed by atoms with Crippen LogP contribution in [0, 0.1) is 11.3 Å². The third-order valence-corrected chi connectivity index (χ3v) is 3.24. The lowest BCUT2D eigenvalue weighted by atomic mass is 9.77. The first-order valence-corrected chi connectivity index (χ1v) is 7.33. The van der Waals surface area contributed by atoms with Crippen LogP contribution < -0.4 is 0 Å². The maximum absolute atomic E-state index is 11.9. The quantitative estimate of drug-likeness (QED) is 0.474. The molecule has 0 aliphatic carbocycles. The summed E-state index contributed by atoms with van der Waals surface area (Å²) in [7, 11) is 1.28. The van der Waals surface area contributed by atoms with Gasteiger partial charge in [0.2, 0.25) is 0 Å². The highest BCUT2D eigenvalue weighted by Crippen LogP contribution is 2.30. The third kappa shape index (κ3) is 3.51. The van der Waals surface area contributed by atoms with Gasteiger partial charge in [-0.15, -0.1) is 11.8 Å². The second kappa shape index (κ2) is 7.54. The Bertz CT molecular complexity index is 571. The van der Waals surface area contributed by atoms with E-state index < -0.39 is 11.4 Å². The molecule has 1 aromatic carbocycles. The van der Waals surface area contributed by atoms with E-state index in [1.165, 1.54) is 18.9 Å². The number of ether oxygens (including phenoxy) is 1. The second-order valence-corrected chi connectivity index (χ2v) is 4.99. The fourth-order valence-corrected chi connectivity index (χ4v) is 1.87. The first-order valence-electron chi connectivity index (χ1n) is 5.94. The van der Waals surface area contributed by atoms with Gasteiger partial charge in [-0.05, 0) is 24.6 Å². The van der Waals surface area contributed by atoms with E-state index in [1.54, 1.807) is 19.1 Å². The average Bonchev–Trinajstić information content (AvgIpc) is 2.51. The summed E-state index contributed by atoms with van der Waals surface area (Å²) in [6, 6.07) is 11.2. The van der Waals surface area contributed by atoms with Crippen molar-refractivity contribution in [2.24, 2.45) is 4.99 Å². The molecule has 0 saturated carbocycles. The first kappa shape index (κ1) is 16.0. The summed E-state index contributed by atoms with van der Waals surface area (Å²) in [4.78, 5) is 16.0. The summed E-state index contributed by atoms with van der Waals surface area (Å²) in [5, 5.41) is 9.54. The maximum atomic E-state index is 11.9. The van der Waals surface area contributed by atoms with Crippen molar-refractivity contribution in [3.8, 4) is 6.07 Å². The Morgan fingerprint density at radius 2 is 2.10 bits per heavy atom. The SMILES string of the molecule is COC(=O)C(=C=NCSC)C(C)(C#N)c1ccccc1. The number of nitriles is 1.